The highest BCUT2D eigenvalue weighted by Crippen LogP contribution is 2.18. The minimum atomic E-state index is -0.586. The maximum atomic E-state index is 11.5. The van der Waals surface area contributed by atoms with E-state index in [1.165, 1.54) is 0 Å². The molecule has 0 spiro atoms. The molecular formula is C12H25NO4. The Kier molecular flexibility index (Phi) is 8.12. The summed E-state index contributed by atoms with van der Waals surface area (Å²) >= 11 is 0. The third kappa shape index (κ3) is 8.12. The van der Waals surface area contributed by atoms with Crippen LogP contribution in [0, 0.1) is 5.41 Å². The van der Waals surface area contributed by atoms with Gasteiger partial charge in [-0.3, -0.25) is 4.79 Å². The normalized spacial score (nSPS) is 13.5. The quantitative estimate of drug-likeness (QED) is 0.511. The van der Waals surface area contributed by atoms with Crippen LogP contribution < -0.4 is 5.73 Å². The van der Waals surface area contributed by atoms with E-state index in [1.54, 1.807) is 7.11 Å². The molecule has 1 atom stereocenters. The van der Waals surface area contributed by atoms with Gasteiger partial charge in [-0.05, 0) is 5.41 Å². The van der Waals surface area contributed by atoms with Gasteiger partial charge < -0.3 is 19.9 Å². The molecule has 0 aliphatic heterocycles. The maximum absolute atomic E-state index is 11.5. The van der Waals surface area contributed by atoms with E-state index >= 15 is 0 Å². The van der Waals surface area contributed by atoms with Gasteiger partial charge in [-0.1, -0.05) is 20.8 Å². The number of carbonyl (C=O) groups excluding carboxylic acids is 1. The summed E-state index contributed by atoms with van der Waals surface area (Å²) in [5.41, 5.74) is 5.48. The molecule has 102 valence electrons. The van der Waals surface area contributed by atoms with Gasteiger partial charge in [0.2, 0.25) is 0 Å². The average molecular weight is 247 g/mol. The van der Waals surface area contributed by atoms with Gasteiger partial charge in [-0.2, -0.15) is 0 Å². The second-order valence-electron chi connectivity index (χ2n) is 4.97. The van der Waals surface area contributed by atoms with Crippen LogP contribution in [0.5, 0.6) is 0 Å². The molecule has 0 aliphatic rings. The van der Waals surface area contributed by atoms with Crippen LogP contribution in [-0.4, -0.2) is 45.5 Å². The summed E-state index contributed by atoms with van der Waals surface area (Å²) < 4.78 is 15.1. The Morgan fingerprint density at radius 3 is 2.35 bits per heavy atom. The van der Waals surface area contributed by atoms with E-state index in [0.29, 0.717) is 32.8 Å². The van der Waals surface area contributed by atoms with E-state index in [2.05, 4.69) is 0 Å². The fourth-order valence-corrected chi connectivity index (χ4v) is 1.02. The van der Waals surface area contributed by atoms with E-state index in [9.17, 15) is 4.79 Å². The molecule has 17 heavy (non-hydrogen) atoms. The van der Waals surface area contributed by atoms with E-state index < -0.39 is 6.04 Å². The van der Waals surface area contributed by atoms with Crippen LogP contribution in [0.2, 0.25) is 0 Å². The van der Waals surface area contributed by atoms with E-state index in [1.807, 2.05) is 20.8 Å². The highest BCUT2D eigenvalue weighted by atomic mass is 16.5. The number of methoxy groups -OCH3 is 1. The van der Waals surface area contributed by atoms with Crippen molar-refractivity contribution in [1.29, 1.82) is 0 Å². The Morgan fingerprint density at radius 1 is 1.18 bits per heavy atom. The first-order valence-electron chi connectivity index (χ1n) is 5.88. The molecule has 0 aromatic heterocycles. The number of nitrogens with two attached hydrogens (primary N) is 1. The van der Waals surface area contributed by atoms with Crippen molar-refractivity contribution in [3.05, 3.63) is 0 Å². The summed E-state index contributed by atoms with van der Waals surface area (Å²) in [6.07, 6.45) is 0.673. The molecule has 0 unspecified atom stereocenters. The summed E-state index contributed by atoms with van der Waals surface area (Å²) in [6.45, 7) is 7.77. The Bertz CT molecular complexity index is 213. The second kappa shape index (κ2) is 8.44. The SMILES string of the molecule is COCCOCCCOC(=O)[C@H](N)C(C)(C)C. The van der Waals surface area contributed by atoms with Crippen molar-refractivity contribution in [3.63, 3.8) is 0 Å². The molecule has 2 N–H and O–H groups in total. The number of rotatable bonds is 8. The summed E-state index contributed by atoms with van der Waals surface area (Å²) in [5.74, 6) is -0.352. The molecule has 0 rings (SSSR count). The molecular weight excluding hydrogens is 222 g/mol. The van der Waals surface area contributed by atoms with Crippen molar-refractivity contribution >= 4 is 5.97 Å². The fraction of sp³-hybridized carbons (Fsp3) is 0.917. The molecule has 0 heterocycles. The zero-order chi connectivity index (χ0) is 13.3. The smallest absolute Gasteiger partial charge is 0.323 e. The van der Waals surface area contributed by atoms with Crippen molar-refractivity contribution in [3.8, 4) is 0 Å². The van der Waals surface area contributed by atoms with Gasteiger partial charge in [-0.15, -0.1) is 0 Å². The zero-order valence-corrected chi connectivity index (χ0v) is 11.3. The number of carbonyl (C=O) groups is 1. The fourth-order valence-electron chi connectivity index (χ4n) is 1.02. The third-order valence-electron chi connectivity index (χ3n) is 2.30. The molecule has 0 fully saturated rings. The van der Waals surface area contributed by atoms with E-state index in [4.69, 9.17) is 19.9 Å². The average Bonchev–Trinajstić information content (AvgIpc) is 2.25. The summed E-state index contributed by atoms with van der Waals surface area (Å²) in [6, 6.07) is -0.586. The number of ether oxygens (including phenoxy) is 3. The van der Waals surface area contributed by atoms with Gasteiger partial charge in [0.25, 0.3) is 0 Å². The number of hydrogen-bond donors (Lipinski definition) is 1. The molecule has 0 aromatic carbocycles. The minimum absolute atomic E-state index is 0.272. The van der Waals surface area contributed by atoms with Crippen molar-refractivity contribution in [1.82, 2.24) is 0 Å². The van der Waals surface area contributed by atoms with Crippen molar-refractivity contribution in [2.75, 3.05) is 33.5 Å². The standard InChI is InChI=1S/C12H25NO4/c1-12(2,3)10(13)11(14)17-7-5-6-16-9-8-15-4/h10H,5-9,13H2,1-4H3/t10-/m0/s1. The first kappa shape index (κ1) is 16.4. The molecule has 5 heteroatoms. The van der Waals surface area contributed by atoms with Crippen LogP contribution in [0.3, 0.4) is 0 Å². The van der Waals surface area contributed by atoms with Gasteiger partial charge in [-0.25, -0.2) is 0 Å². The Labute approximate surface area is 104 Å². The summed E-state index contributed by atoms with van der Waals surface area (Å²) in [4.78, 5) is 11.5. The monoisotopic (exact) mass is 247 g/mol. The van der Waals surface area contributed by atoms with E-state index in [-0.39, 0.29) is 11.4 Å². The van der Waals surface area contributed by atoms with Gasteiger partial charge in [0.05, 0.1) is 19.8 Å². The van der Waals surface area contributed by atoms with Gasteiger partial charge in [0.15, 0.2) is 0 Å². The maximum Gasteiger partial charge on any atom is 0.323 e. The topological polar surface area (TPSA) is 70.8 Å². The Hall–Kier alpha value is -0.650. The minimum Gasteiger partial charge on any atom is -0.464 e. The predicted octanol–water partition coefficient (Wildman–Crippen LogP) is 0.956. The number of hydrogen-bond acceptors (Lipinski definition) is 5. The van der Waals surface area contributed by atoms with Crippen LogP contribution in [-0.2, 0) is 19.0 Å². The van der Waals surface area contributed by atoms with Crippen molar-refractivity contribution in [2.24, 2.45) is 11.1 Å². The lowest BCUT2D eigenvalue weighted by Crippen LogP contribution is -2.43. The predicted molar refractivity (Wildman–Crippen MR) is 65.7 cm³/mol. The van der Waals surface area contributed by atoms with Crippen molar-refractivity contribution in [2.45, 2.75) is 33.2 Å². The lowest BCUT2D eigenvalue weighted by Gasteiger charge is -2.24. The van der Waals surface area contributed by atoms with Gasteiger partial charge >= 0.3 is 5.97 Å². The highest BCUT2D eigenvalue weighted by Gasteiger charge is 2.28. The van der Waals surface area contributed by atoms with E-state index in [0.717, 1.165) is 0 Å². The Morgan fingerprint density at radius 2 is 1.82 bits per heavy atom. The van der Waals surface area contributed by atoms with Crippen LogP contribution in [0.25, 0.3) is 0 Å². The van der Waals surface area contributed by atoms with Gasteiger partial charge in [0.1, 0.15) is 6.04 Å². The molecule has 0 aromatic rings. The third-order valence-corrected chi connectivity index (χ3v) is 2.30. The first-order valence-corrected chi connectivity index (χ1v) is 5.88. The number of esters is 1. The first-order chi connectivity index (χ1) is 7.89. The molecule has 0 radical (unpaired) electrons. The van der Waals surface area contributed by atoms with Crippen LogP contribution in [0.4, 0.5) is 0 Å². The molecule has 0 aliphatic carbocycles. The molecule has 0 bridgehead atoms. The Balaban J connectivity index is 3.52. The summed E-state index contributed by atoms with van der Waals surface area (Å²) in [5, 5.41) is 0. The van der Waals surface area contributed by atoms with Crippen LogP contribution in [0.1, 0.15) is 27.2 Å². The second-order valence-corrected chi connectivity index (χ2v) is 4.97. The molecule has 0 saturated carbocycles. The molecule has 5 nitrogen and oxygen atoms in total. The zero-order valence-electron chi connectivity index (χ0n) is 11.3. The lowest BCUT2D eigenvalue weighted by atomic mass is 9.87. The highest BCUT2D eigenvalue weighted by molar-refractivity contribution is 5.76. The molecule has 0 saturated heterocycles. The summed E-state index contributed by atoms with van der Waals surface area (Å²) in [7, 11) is 1.62. The van der Waals surface area contributed by atoms with Crippen molar-refractivity contribution < 1.29 is 19.0 Å². The lowest BCUT2D eigenvalue weighted by molar-refractivity contribution is -0.148. The van der Waals surface area contributed by atoms with Gasteiger partial charge in [0, 0.05) is 20.1 Å². The molecule has 0 amide bonds. The van der Waals surface area contributed by atoms with Crippen LogP contribution >= 0.6 is 0 Å². The largest absolute Gasteiger partial charge is 0.464 e. The van der Waals surface area contributed by atoms with Crippen LogP contribution in [0.15, 0.2) is 0 Å².